The Kier molecular flexibility index (Phi) is 7.98. The highest BCUT2D eigenvalue weighted by Crippen LogP contribution is 2.16. The van der Waals surface area contributed by atoms with Gasteiger partial charge in [-0.3, -0.25) is 0 Å². The lowest BCUT2D eigenvalue weighted by atomic mass is 10.2. The lowest BCUT2D eigenvalue weighted by Crippen LogP contribution is -2.43. The van der Waals surface area contributed by atoms with Crippen LogP contribution in [-0.2, 0) is 4.74 Å². The molecule has 0 aromatic heterocycles. The highest BCUT2D eigenvalue weighted by molar-refractivity contribution is 7.99. The second-order valence-corrected chi connectivity index (χ2v) is 5.47. The molecule has 1 fully saturated rings. The zero-order valence-electron chi connectivity index (χ0n) is 9.96. The second-order valence-electron chi connectivity index (χ2n) is 3.84. The van der Waals surface area contributed by atoms with E-state index in [1.165, 1.54) is 24.3 Å². The lowest BCUT2D eigenvalue weighted by Gasteiger charge is -2.24. The predicted octanol–water partition coefficient (Wildman–Crippen LogP) is 1.77. The third-order valence-electron chi connectivity index (χ3n) is 2.51. The van der Waals surface area contributed by atoms with Crippen molar-refractivity contribution >= 4 is 29.1 Å². The number of thioether (sulfide) groups is 1. The van der Waals surface area contributed by atoms with Gasteiger partial charge >= 0.3 is 0 Å². The zero-order chi connectivity index (χ0) is 11.6. The number of rotatable bonds is 6. The molecule has 0 radical (unpaired) electrons. The molecule has 0 bridgehead atoms. The van der Waals surface area contributed by atoms with Crippen molar-refractivity contribution in [1.29, 1.82) is 0 Å². The molecule has 1 saturated heterocycles. The standard InChI is InChI=1S/C11H22N2OS2/c1-2-14-7-3-6-12-11(15)13-10-4-8-16-9-5-10/h10H,2-9H2,1H3,(H2,12,13,15). The average Bonchev–Trinajstić information content (AvgIpc) is 2.30. The van der Waals surface area contributed by atoms with Crippen LogP contribution in [0.25, 0.3) is 0 Å². The van der Waals surface area contributed by atoms with Gasteiger partial charge in [-0.2, -0.15) is 11.8 Å². The Balaban J connectivity index is 1.97. The first-order valence-corrected chi connectivity index (χ1v) is 7.59. The molecule has 0 spiro atoms. The highest BCUT2D eigenvalue weighted by Gasteiger charge is 2.13. The zero-order valence-corrected chi connectivity index (χ0v) is 11.6. The minimum atomic E-state index is 0.577. The summed E-state index contributed by atoms with van der Waals surface area (Å²) in [5.41, 5.74) is 0. The van der Waals surface area contributed by atoms with E-state index in [-0.39, 0.29) is 0 Å². The topological polar surface area (TPSA) is 33.3 Å². The molecule has 0 amide bonds. The molecule has 0 unspecified atom stereocenters. The van der Waals surface area contributed by atoms with Crippen LogP contribution in [0.4, 0.5) is 0 Å². The van der Waals surface area contributed by atoms with Gasteiger partial charge in [0.05, 0.1) is 0 Å². The van der Waals surface area contributed by atoms with Crippen LogP contribution in [-0.4, -0.2) is 42.4 Å². The summed E-state index contributed by atoms with van der Waals surface area (Å²) in [5.74, 6) is 2.51. The van der Waals surface area contributed by atoms with Gasteiger partial charge in [0.2, 0.25) is 0 Å². The number of thiocarbonyl (C=S) groups is 1. The molecule has 3 nitrogen and oxygen atoms in total. The maximum absolute atomic E-state index is 5.26. The number of hydrogen-bond acceptors (Lipinski definition) is 3. The summed E-state index contributed by atoms with van der Waals surface area (Å²) in [4.78, 5) is 0. The normalized spacial score (nSPS) is 17.1. The van der Waals surface area contributed by atoms with Gasteiger partial charge in [-0.15, -0.1) is 0 Å². The van der Waals surface area contributed by atoms with Crippen LogP contribution in [0.5, 0.6) is 0 Å². The van der Waals surface area contributed by atoms with Crippen molar-refractivity contribution in [3.8, 4) is 0 Å². The summed E-state index contributed by atoms with van der Waals surface area (Å²) in [5, 5.41) is 7.40. The lowest BCUT2D eigenvalue weighted by molar-refractivity contribution is 0.145. The number of nitrogens with one attached hydrogen (secondary N) is 2. The molecule has 1 heterocycles. The Bertz CT molecular complexity index is 196. The minimum absolute atomic E-state index is 0.577. The molecule has 16 heavy (non-hydrogen) atoms. The quantitative estimate of drug-likeness (QED) is 0.563. The van der Waals surface area contributed by atoms with E-state index in [1.54, 1.807) is 0 Å². The van der Waals surface area contributed by atoms with Crippen LogP contribution < -0.4 is 10.6 Å². The van der Waals surface area contributed by atoms with Crippen LogP contribution in [0.3, 0.4) is 0 Å². The Morgan fingerprint density at radius 2 is 2.19 bits per heavy atom. The van der Waals surface area contributed by atoms with Crippen molar-refractivity contribution in [3.63, 3.8) is 0 Å². The molecule has 0 atom stereocenters. The second kappa shape index (κ2) is 9.07. The molecule has 0 aliphatic carbocycles. The van der Waals surface area contributed by atoms with Gasteiger partial charge in [-0.25, -0.2) is 0 Å². The average molecular weight is 262 g/mol. The smallest absolute Gasteiger partial charge is 0.166 e. The monoisotopic (exact) mass is 262 g/mol. The van der Waals surface area contributed by atoms with Crippen LogP contribution in [0.2, 0.25) is 0 Å². The summed E-state index contributed by atoms with van der Waals surface area (Å²) >= 11 is 7.28. The van der Waals surface area contributed by atoms with E-state index in [0.717, 1.165) is 31.3 Å². The van der Waals surface area contributed by atoms with E-state index in [9.17, 15) is 0 Å². The summed E-state index contributed by atoms with van der Waals surface area (Å²) in [6.07, 6.45) is 3.47. The largest absolute Gasteiger partial charge is 0.382 e. The Morgan fingerprint density at radius 1 is 1.44 bits per heavy atom. The third-order valence-corrected chi connectivity index (χ3v) is 3.82. The summed E-state index contributed by atoms with van der Waals surface area (Å²) < 4.78 is 5.26. The first-order chi connectivity index (χ1) is 7.83. The van der Waals surface area contributed by atoms with E-state index >= 15 is 0 Å². The first-order valence-electron chi connectivity index (χ1n) is 6.02. The SMILES string of the molecule is CCOCCCNC(=S)NC1CCSCC1. The van der Waals surface area contributed by atoms with Gasteiger partial charge in [0.25, 0.3) is 0 Å². The van der Waals surface area contributed by atoms with Crippen molar-refractivity contribution in [2.75, 3.05) is 31.3 Å². The van der Waals surface area contributed by atoms with Crippen LogP contribution in [0.1, 0.15) is 26.2 Å². The molecule has 1 rings (SSSR count). The van der Waals surface area contributed by atoms with Gasteiger partial charge < -0.3 is 15.4 Å². The molecule has 94 valence electrons. The predicted molar refractivity (Wildman–Crippen MR) is 75.2 cm³/mol. The number of hydrogen-bond donors (Lipinski definition) is 2. The van der Waals surface area contributed by atoms with Crippen molar-refractivity contribution in [1.82, 2.24) is 10.6 Å². The van der Waals surface area contributed by atoms with Gasteiger partial charge in [0.15, 0.2) is 5.11 Å². The molecule has 1 aliphatic heterocycles. The van der Waals surface area contributed by atoms with Crippen LogP contribution in [0.15, 0.2) is 0 Å². The molecule has 0 saturated carbocycles. The maximum Gasteiger partial charge on any atom is 0.166 e. The Morgan fingerprint density at radius 3 is 2.88 bits per heavy atom. The molecule has 0 aromatic carbocycles. The fraction of sp³-hybridized carbons (Fsp3) is 0.909. The fourth-order valence-corrected chi connectivity index (χ4v) is 2.97. The van der Waals surface area contributed by atoms with E-state index in [0.29, 0.717) is 6.04 Å². The van der Waals surface area contributed by atoms with E-state index in [4.69, 9.17) is 17.0 Å². The Hall–Kier alpha value is 0. The van der Waals surface area contributed by atoms with Crippen LogP contribution >= 0.6 is 24.0 Å². The minimum Gasteiger partial charge on any atom is -0.382 e. The molecule has 0 aromatic rings. The van der Waals surface area contributed by atoms with Gasteiger partial charge in [-0.05, 0) is 49.9 Å². The molecule has 2 N–H and O–H groups in total. The molecule has 5 heteroatoms. The fourth-order valence-electron chi connectivity index (χ4n) is 1.60. The van der Waals surface area contributed by atoms with E-state index in [1.807, 2.05) is 18.7 Å². The van der Waals surface area contributed by atoms with Crippen molar-refractivity contribution in [2.24, 2.45) is 0 Å². The number of ether oxygens (including phenoxy) is 1. The van der Waals surface area contributed by atoms with E-state index in [2.05, 4.69) is 10.6 Å². The summed E-state index contributed by atoms with van der Waals surface area (Å²) in [6.45, 7) is 4.52. The summed E-state index contributed by atoms with van der Waals surface area (Å²) in [7, 11) is 0. The van der Waals surface area contributed by atoms with Crippen LogP contribution in [0, 0.1) is 0 Å². The first kappa shape index (κ1) is 14.1. The third kappa shape index (κ3) is 6.55. The Labute approximate surface area is 108 Å². The van der Waals surface area contributed by atoms with Crippen molar-refractivity contribution < 1.29 is 4.74 Å². The van der Waals surface area contributed by atoms with Crippen molar-refractivity contribution in [2.45, 2.75) is 32.2 Å². The molecular weight excluding hydrogens is 240 g/mol. The maximum atomic E-state index is 5.26. The molecular formula is C11H22N2OS2. The molecule has 1 aliphatic rings. The van der Waals surface area contributed by atoms with Gasteiger partial charge in [0.1, 0.15) is 0 Å². The highest BCUT2D eigenvalue weighted by atomic mass is 32.2. The van der Waals surface area contributed by atoms with E-state index < -0.39 is 0 Å². The van der Waals surface area contributed by atoms with Gasteiger partial charge in [-0.1, -0.05) is 0 Å². The van der Waals surface area contributed by atoms with Gasteiger partial charge in [0, 0.05) is 25.8 Å². The van der Waals surface area contributed by atoms with Crippen molar-refractivity contribution in [3.05, 3.63) is 0 Å². The summed E-state index contributed by atoms with van der Waals surface area (Å²) in [6, 6.07) is 0.577.